The van der Waals surface area contributed by atoms with E-state index in [-0.39, 0.29) is 24.0 Å². The summed E-state index contributed by atoms with van der Waals surface area (Å²) >= 11 is 0. The van der Waals surface area contributed by atoms with Crippen molar-refractivity contribution in [1.82, 2.24) is 4.31 Å². The molecule has 30 heavy (non-hydrogen) atoms. The minimum Gasteiger partial charge on any atom is -0.493 e. The van der Waals surface area contributed by atoms with Crippen LogP contribution in [0.15, 0.2) is 47.4 Å². The fourth-order valence-electron chi connectivity index (χ4n) is 4.47. The van der Waals surface area contributed by atoms with Crippen molar-refractivity contribution in [3.8, 4) is 5.75 Å². The summed E-state index contributed by atoms with van der Waals surface area (Å²) in [4.78, 5) is 0.268. The van der Waals surface area contributed by atoms with Gasteiger partial charge in [0.15, 0.2) is 0 Å². The number of fused-ring (bicyclic) bond motifs is 2. The van der Waals surface area contributed by atoms with Gasteiger partial charge in [0.1, 0.15) is 5.75 Å². The van der Waals surface area contributed by atoms with E-state index in [1.807, 2.05) is 12.1 Å². The average Bonchev–Trinajstić information content (AvgIpc) is 3.29. The van der Waals surface area contributed by atoms with E-state index >= 15 is 0 Å². The lowest BCUT2D eigenvalue weighted by molar-refractivity contribution is 0.321. The fourth-order valence-corrected chi connectivity index (χ4v) is 7.65. The molecule has 0 amide bonds. The van der Waals surface area contributed by atoms with Crippen LogP contribution in [0.1, 0.15) is 18.4 Å². The molecule has 2 aromatic carbocycles. The molecule has 0 N–H and O–H groups in total. The Morgan fingerprint density at radius 2 is 1.73 bits per heavy atom. The summed E-state index contributed by atoms with van der Waals surface area (Å²) in [6.45, 7) is 1.13. The molecule has 0 aliphatic carbocycles. The van der Waals surface area contributed by atoms with Crippen molar-refractivity contribution in [2.24, 2.45) is 0 Å². The largest absolute Gasteiger partial charge is 0.493 e. The molecule has 0 bridgehead atoms. The Balaban J connectivity index is 1.37. The first-order valence-corrected chi connectivity index (χ1v) is 12.8. The molecule has 5 rings (SSSR count). The number of ether oxygens (including phenoxy) is 1. The molecule has 3 aliphatic rings. The standard InChI is InChI=1S/C20H23N3O5S2/c1-21-18-4-2-3-5-19(18)23(30(21,26)27)16-8-11-22(12-9-16)29(24,25)17-6-7-20-15(14-17)10-13-28-20/h2-7,14,16H,8-13H2,1H3. The fraction of sp³-hybridized carbons (Fsp3) is 0.400. The Morgan fingerprint density at radius 1 is 1.03 bits per heavy atom. The van der Waals surface area contributed by atoms with Crippen LogP contribution in [-0.4, -0.2) is 53.9 Å². The quantitative estimate of drug-likeness (QED) is 0.715. The Morgan fingerprint density at radius 3 is 2.47 bits per heavy atom. The van der Waals surface area contributed by atoms with Crippen LogP contribution in [0.25, 0.3) is 0 Å². The Kier molecular flexibility index (Phi) is 4.49. The van der Waals surface area contributed by atoms with Gasteiger partial charge in [-0.2, -0.15) is 12.7 Å². The van der Waals surface area contributed by atoms with Gasteiger partial charge in [0.05, 0.1) is 22.9 Å². The number of sulfonamides is 1. The van der Waals surface area contributed by atoms with Crippen molar-refractivity contribution in [1.29, 1.82) is 0 Å². The molecule has 1 saturated heterocycles. The number of para-hydroxylation sites is 2. The monoisotopic (exact) mass is 449 g/mol. The van der Waals surface area contributed by atoms with E-state index in [9.17, 15) is 16.8 Å². The highest BCUT2D eigenvalue weighted by molar-refractivity contribution is 7.94. The number of hydrogen-bond acceptors (Lipinski definition) is 5. The van der Waals surface area contributed by atoms with Crippen LogP contribution in [0, 0.1) is 0 Å². The summed E-state index contributed by atoms with van der Waals surface area (Å²) in [5, 5.41) is 0. The van der Waals surface area contributed by atoms with Gasteiger partial charge in [-0.05, 0) is 48.7 Å². The first-order chi connectivity index (χ1) is 14.3. The highest BCUT2D eigenvalue weighted by atomic mass is 32.2. The van der Waals surface area contributed by atoms with Gasteiger partial charge >= 0.3 is 10.2 Å². The Labute approximate surface area is 176 Å². The Bertz CT molecular complexity index is 1200. The zero-order chi connectivity index (χ0) is 21.1. The second-order valence-corrected chi connectivity index (χ2v) is 11.5. The summed E-state index contributed by atoms with van der Waals surface area (Å²) in [5.41, 5.74) is 2.21. The lowest BCUT2D eigenvalue weighted by Crippen LogP contribution is -2.49. The average molecular weight is 450 g/mol. The number of piperidine rings is 1. The van der Waals surface area contributed by atoms with Crippen molar-refractivity contribution >= 4 is 31.6 Å². The van der Waals surface area contributed by atoms with E-state index in [1.165, 1.54) is 12.9 Å². The second-order valence-electron chi connectivity index (χ2n) is 7.76. The highest BCUT2D eigenvalue weighted by Crippen LogP contribution is 2.42. The number of anilines is 2. The van der Waals surface area contributed by atoms with E-state index in [1.54, 1.807) is 37.4 Å². The molecule has 8 nitrogen and oxygen atoms in total. The van der Waals surface area contributed by atoms with E-state index < -0.39 is 20.2 Å². The van der Waals surface area contributed by atoms with E-state index in [2.05, 4.69) is 0 Å². The molecule has 0 saturated carbocycles. The zero-order valence-corrected chi connectivity index (χ0v) is 18.2. The van der Waals surface area contributed by atoms with Crippen LogP contribution in [0.4, 0.5) is 11.4 Å². The van der Waals surface area contributed by atoms with Crippen LogP contribution < -0.4 is 13.3 Å². The third kappa shape index (κ3) is 2.89. The topological polar surface area (TPSA) is 87.2 Å². The Hall–Kier alpha value is -2.30. The van der Waals surface area contributed by atoms with Crippen molar-refractivity contribution < 1.29 is 21.6 Å². The third-order valence-electron chi connectivity index (χ3n) is 6.11. The van der Waals surface area contributed by atoms with Gasteiger partial charge in [0, 0.05) is 32.6 Å². The molecule has 0 unspecified atom stereocenters. The van der Waals surface area contributed by atoms with Crippen molar-refractivity contribution in [3.05, 3.63) is 48.0 Å². The lowest BCUT2D eigenvalue weighted by Gasteiger charge is -2.36. The summed E-state index contributed by atoms with van der Waals surface area (Å²) in [5.74, 6) is 0.745. The normalized spacial score (nSPS) is 21.4. The predicted molar refractivity (Wildman–Crippen MR) is 114 cm³/mol. The predicted octanol–water partition coefficient (Wildman–Crippen LogP) is 1.98. The molecule has 0 radical (unpaired) electrons. The van der Waals surface area contributed by atoms with Gasteiger partial charge in [0.2, 0.25) is 10.0 Å². The number of nitrogens with zero attached hydrogens (tertiary/aromatic N) is 3. The molecule has 1 fully saturated rings. The molecule has 0 aromatic heterocycles. The summed E-state index contributed by atoms with van der Waals surface area (Å²) in [6, 6.07) is 11.9. The zero-order valence-electron chi connectivity index (χ0n) is 16.6. The number of benzene rings is 2. The lowest BCUT2D eigenvalue weighted by atomic mass is 10.1. The van der Waals surface area contributed by atoms with Crippen molar-refractivity contribution in [3.63, 3.8) is 0 Å². The summed E-state index contributed by atoms with van der Waals surface area (Å²) in [6.07, 6.45) is 1.59. The smallest absolute Gasteiger partial charge is 0.326 e. The molecular formula is C20H23N3O5S2. The maximum absolute atomic E-state index is 13.1. The maximum Gasteiger partial charge on any atom is 0.326 e. The third-order valence-corrected chi connectivity index (χ3v) is 9.88. The molecule has 3 heterocycles. The first-order valence-electron chi connectivity index (χ1n) is 9.93. The van der Waals surface area contributed by atoms with Crippen LogP contribution >= 0.6 is 0 Å². The molecule has 160 valence electrons. The molecular weight excluding hydrogens is 426 g/mol. The van der Waals surface area contributed by atoms with Crippen LogP contribution in [0.3, 0.4) is 0 Å². The van der Waals surface area contributed by atoms with E-state index in [0.29, 0.717) is 37.2 Å². The van der Waals surface area contributed by atoms with Crippen molar-refractivity contribution in [2.75, 3.05) is 35.4 Å². The van der Waals surface area contributed by atoms with Crippen LogP contribution in [0.2, 0.25) is 0 Å². The SMILES string of the molecule is CN1c2ccccc2N(C2CCN(S(=O)(=O)c3ccc4c(c3)CCO4)CC2)S1(=O)=O. The van der Waals surface area contributed by atoms with Gasteiger partial charge in [-0.1, -0.05) is 12.1 Å². The van der Waals surface area contributed by atoms with Gasteiger partial charge in [-0.3, -0.25) is 4.31 Å². The van der Waals surface area contributed by atoms with Crippen LogP contribution in [0.5, 0.6) is 5.75 Å². The molecule has 0 spiro atoms. The van der Waals surface area contributed by atoms with Gasteiger partial charge in [-0.15, -0.1) is 0 Å². The van der Waals surface area contributed by atoms with Gasteiger partial charge < -0.3 is 4.74 Å². The number of rotatable bonds is 3. The molecule has 2 aromatic rings. The summed E-state index contributed by atoms with van der Waals surface area (Å²) < 4.78 is 61.9. The first kappa shape index (κ1) is 19.7. The van der Waals surface area contributed by atoms with Gasteiger partial charge in [-0.25, -0.2) is 12.7 Å². The molecule has 0 atom stereocenters. The van der Waals surface area contributed by atoms with Gasteiger partial charge in [0.25, 0.3) is 0 Å². The van der Waals surface area contributed by atoms with E-state index in [0.717, 1.165) is 11.3 Å². The molecule has 3 aliphatic heterocycles. The maximum atomic E-state index is 13.1. The van der Waals surface area contributed by atoms with Crippen molar-refractivity contribution in [2.45, 2.75) is 30.2 Å². The number of hydrogen-bond donors (Lipinski definition) is 0. The summed E-state index contributed by atoms with van der Waals surface area (Å²) in [7, 11) is -5.74. The highest BCUT2D eigenvalue weighted by Gasteiger charge is 2.43. The van der Waals surface area contributed by atoms with E-state index in [4.69, 9.17) is 4.74 Å². The minimum absolute atomic E-state index is 0.268. The molecule has 10 heteroatoms. The van der Waals surface area contributed by atoms with Crippen LogP contribution in [-0.2, 0) is 26.7 Å². The second kappa shape index (κ2) is 6.86. The minimum atomic E-state index is -3.65.